The number of amides is 1. The van der Waals surface area contributed by atoms with Crippen molar-refractivity contribution in [3.05, 3.63) is 48.5 Å². The number of hydrogen-bond acceptors (Lipinski definition) is 4. The molecule has 0 radical (unpaired) electrons. The highest BCUT2D eigenvalue weighted by Crippen LogP contribution is 2.30. The number of likely N-dealkylation sites (tertiary alicyclic amines) is 1. The molecule has 0 aliphatic carbocycles. The van der Waals surface area contributed by atoms with Gasteiger partial charge in [-0.2, -0.15) is 5.10 Å². The lowest BCUT2D eigenvalue weighted by Gasteiger charge is -2.31. The van der Waals surface area contributed by atoms with Crippen molar-refractivity contribution in [3.8, 4) is 0 Å². The summed E-state index contributed by atoms with van der Waals surface area (Å²) in [4.78, 5) is 18.1. The first kappa shape index (κ1) is 13.8. The maximum Gasteiger partial charge on any atom is 0.239 e. The van der Waals surface area contributed by atoms with Gasteiger partial charge < -0.3 is 5.73 Å². The second kappa shape index (κ2) is 6.05. The molecule has 1 fully saturated rings. The van der Waals surface area contributed by atoms with Crippen molar-refractivity contribution in [2.24, 2.45) is 5.73 Å². The fourth-order valence-electron chi connectivity index (χ4n) is 3.09. The number of aromatic nitrogens is 3. The van der Waals surface area contributed by atoms with E-state index in [-0.39, 0.29) is 18.0 Å². The molecular weight excluding hydrogens is 266 g/mol. The van der Waals surface area contributed by atoms with E-state index in [2.05, 4.69) is 15.0 Å². The van der Waals surface area contributed by atoms with E-state index < -0.39 is 0 Å². The Balaban J connectivity index is 1.83. The minimum absolute atomic E-state index is 0.254. The average molecular weight is 285 g/mol. The second-order valence-corrected chi connectivity index (χ2v) is 5.37. The molecule has 21 heavy (non-hydrogen) atoms. The summed E-state index contributed by atoms with van der Waals surface area (Å²) < 4.78 is 1.81. The summed E-state index contributed by atoms with van der Waals surface area (Å²) in [7, 11) is 0. The van der Waals surface area contributed by atoms with Gasteiger partial charge in [-0.1, -0.05) is 30.3 Å². The Morgan fingerprint density at radius 3 is 2.86 bits per heavy atom. The zero-order valence-corrected chi connectivity index (χ0v) is 11.8. The molecule has 1 aliphatic rings. The molecule has 110 valence electrons. The van der Waals surface area contributed by atoms with Gasteiger partial charge in [0, 0.05) is 6.04 Å². The highest BCUT2D eigenvalue weighted by atomic mass is 16.1. The predicted octanol–water partition coefficient (Wildman–Crippen LogP) is 0.969. The van der Waals surface area contributed by atoms with Gasteiger partial charge >= 0.3 is 0 Å². The van der Waals surface area contributed by atoms with Gasteiger partial charge in [0.05, 0.1) is 6.54 Å². The van der Waals surface area contributed by atoms with E-state index in [0.717, 1.165) is 31.5 Å². The van der Waals surface area contributed by atoms with Crippen LogP contribution in [0.3, 0.4) is 0 Å². The van der Waals surface area contributed by atoms with Gasteiger partial charge in [-0.25, -0.2) is 4.98 Å². The van der Waals surface area contributed by atoms with Gasteiger partial charge in [0.15, 0.2) is 0 Å². The van der Waals surface area contributed by atoms with Gasteiger partial charge in [-0.15, -0.1) is 0 Å². The van der Waals surface area contributed by atoms with Crippen LogP contribution in [0.25, 0.3) is 0 Å². The summed E-state index contributed by atoms with van der Waals surface area (Å²) in [5.41, 5.74) is 6.62. The first-order valence-electron chi connectivity index (χ1n) is 7.18. The number of nitrogens with zero attached hydrogens (tertiary/aromatic N) is 4. The Hall–Kier alpha value is -2.21. The van der Waals surface area contributed by atoms with Gasteiger partial charge in [0.25, 0.3) is 0 Å². The lowest BCUT2D eigenvalue weighted by Crippen LogP contribution is -2.42. The third-order valence-electron chi connectivity index (χ3n) is 4.00. The zero-order chi connectivity index (χ0) is 14.7. The van der Waals surface area contributed by atoms with E-state index >= 15 is 0 Å². The van der Waals surface area contributed by atoms with Crippen LogP contribution in [0, 0.1) is 0 Å². The Morgan fingerprint density at radius 1 is 1.38 bits per heavy atom. The van der Waals surface area contributed by atoms with Crippen molar-refractivity contribution in [2.45, 2.75) is 31.5 Å². The summed E-state index contributed by atoms with van der Waals surface area (Å²) in [5.74, 6) is -0.299. The highest BCUT2D eigenvalue weighted by Gasteiger charge is 2.34. The topological polar surface area (TPSA) is 77.0 Å². The molecule has 6 nitrogen and oxygen atoms in total. The molecule has 2 atom stereocenters. The van der Waals surface area contributed by atoms with Crippen LogP contribution in [-0.2, 0) is 11.3 Å². The van der Waals surface area contributed by atoms with Crippen LogP contribution in [0.15, 0.2) is 43.0 Å². The molecule has 0 saturated carbocycles. The van der Waals surface area contributed by atoms with E-state index in [4.69, 9.17) is 5.73 Å². The van der Waals surface area contributed by atoms with Crippen molar-refractivity contribution in [1.82, 2.24) is 19.7 Å². The quantitative estimate of drug-likeness (QED) is 0.888. The Kier molecular flexibility index (Phi) is 3.96. The van der Waals surface area contributed by atoms with Crippen LogP contribution in [0.5, 0.6) is 0 Å². The van der Waals surface area contributed by atoms with E-state index in [0.29, 0.717) is 0 Å². The minimum atomic E-state index is -0.373. The fourth-order valence-corrected chi connectivity index (χ4v) is 3.09. The van der Waals surface area contributed by atoms with Crippen LogP contribution in [0.4, 0.5) is 0 Å². The van der Waals surface area contributed by atoms with Crippen LogP contribution in [0.2, 0.25) is 0 Å². The molecule has 1 aliphatic heterocycles. The molecule has 2 aromatic rings. The largest absolute Gasteiger partial charge is 0.368 e. The summed E-state index contributed by atoms with van der Waals surface area (Å²) in [5, 5.41) is 4.15. The van der Waals surface area contributed by atoms with Crippen LogP contribution < -0.4 is 5.73 Å². The molecule has 1 amide bonds. The van der Waals surface area contributed by atoms with Gasteiger partial charge in [-0.3, -0.25) is 14.4 Å². The molecule has 1 aromatic heterocycles. The van der Waals surface area contributed by atoms with E-state index in [9.17, 15) is 4.79 Å². The highest BCUT2D eigenvalue weighted by molar-refractivity contribution is 5.81. The first-order chi connectivity index (χ1) is 10.3. The first-order valence-corrected chi connectivity index (χ1v) is 7.18. The van der Waals surface area contributed by atoms with Crippen molar-refractivity contribution in [2.75, 3.05) is 6.54 Å². The Labute approximate surface area is 123 Å². The molecule has 3 rings (SSSR count). The number of nitrogens with two attached hydrogens (primary N) is 1. The summed E-state index contributed by atoms with van der Waals surface area (Å²) in [6, 6.07) is 9.62. The smallest absolute Gasteiger partial charge is 0.239 e. The summed E-state index contributed by atoms with van der Waals surface area (Å²) >= 11 is 0. The average Bonchev–Trinajstić information content (AvgIpc) is 3.13. The lowest BCUT2D eigenvalue weighted by molar-refractivity contribution is -0.124. The molecular formula is C15H19N5O. The summed E-state index contributed by atoms with van der Waals surface area (Å²) in [6.45, 7) is 1.61. The predicted molar refractivity (Wildman–Crippen MR) is 78.1 cm³/mol. The second-order valence-electron chi connectivity index (χ2n) is 5.37. The van der Waals surface area contributed by atoms with Gasteiger partial charge in [0.1, 0.15) is 18.7 Å². The monoisotopic (exact) mass is 285 g/mol. The normalized spacial score (nSPS) is 20.5. The molecule has 0 spiro atoms. The number of carbonyl (C=O) groups is 1. The SMILES string of the molecule is NC(=O)[C@@H](c1ccccc1)N1CCC[C@H]1Cn1cncn1. The third-order valence-corrected chi connectivity index (χ3v) is 4.00. The maximum absolute atomic E-state index is 12.0. The standard InChI is InChI=1S/C15H19N5O/c16-15(21)14(12-5-2-1-3-6-12)20-8-4-7-13(20)9-19-11-17-10-18-19/h1-3,5-6,10-11,13-14H,4,7-9H2,(H2,16,21)/t13-,14+/m0/s1. The van der Waals surface area contributed by atoms with Crippen LogP contribution in [0.1, 0.15) is 24.4 Å². The van der Waals surface area contributed by atoms with Gasteiger partial charge in [0.2, 0.25) is 5.91 Å². The third kappa shape index (κ3) is 2.95. The maximum atomic E-state index is 12.0. The fraction of sp³-hybridized carbons (Fsp3) is 0.400. The van der Waals surface area contributed by atoms with Crippen molar-refractivity contribution in [3.63, 3.8) is 0 Å². The molecule has 2 N–H and O–H groups in total. The molecule has 6 heteroatoms. The van der Waals surface area contributed by atoms with Crippen LogP contribution >= 0.6 is 0 Å². The minimum Gasteiger partial charge on any atom is -0.368 e. The molecule has 2 heterocycles. The molecule has 1 aromatic carbocycles. The van der Waals surface area contributed by atoms with E-state index in [1.165, 1.54) is 6.33 Å². The molecule has 0 unspecified atom stereocenters. The number of hydrogen-bond donors (Lipinski definition) is 1. The van der Waals surface area contributed by atoms with Crippen molar-refractivity contribution >= 4 is 5.91 Å². The van der Waals surface area contributed by atoms with E-state index in [1.807, 2.05) is 35.0 Å². The number of carbonyl (C=O) groups excluding carboxylic acids is 1. The number of rotatable bonds is 5. The number of benzene rings is 1. The Bertz CT molecular complexity index is 583. The zero-order valence-electron chi connectivity index (χ0n) is 11.8. The molecule has 0 bridgehead atoms. The van der Waals surface area contributed by atoms with Crippen molar-refractivity contribution in [1.29, 1.82) is 0 Å². The van der Waals surface area contributed by atoms with E-state index in [1.54, 1.807) is 6.33 Å². The van der Waals surface area contributed by atoms with Crippen LogP contribution in [-0.4, -0.2) is 38.2 Å². The summed E-state index contributed by atoms with van der Waals surface area (Å²) in [6.07, 6.45) is 5.34. The lowest BCUT2D eigenvalue weighted by atomic mass is 10.0. The number of primary amides is 1. The van der Waals surface area contributed by atoms with Crippen molar-refractivity contribution < 1.29 is 4.79 Å². The Morgan fingerprint density at radius 2 is 2.19 bits per heavy atom. The molecule has 1 saturated heterocycles. The van der Waals surface area contributed by atoms with Gasteiger partial charge in [-0.05, 0) is 24.9 Å².